The number of nitrogens with zero attached hydrogens (tertiary/aromatic N) is 3. The first-order valence-electron chi connectivity index (χ1n) is 5.28. The summed E-state index contributed by atoms with van der Waals surface area (Å²) in [6, 6.07) is -0.642. The molecule has 1 rings (SSSR count). The minimum absolute atomic E-state index is 0.156. The van der Waals surface area contributed by atoms with Crippen LogP contribution >= 0.6 is 0 Å². The average molecular weight is 253 g/mol. The molecule has 1 unspecified atom stereocenters. The summed E-state index contributed by atoms with van der Waals surface area (Å²) in [7, 11) is 0. The Morgan fingerprint density at radius 3 is 3.00 bits per heavy atom. The molecule has 1 aromatic rings. The molecule has 4 N–H and O–H groups in total. The van der Waals surface area contributed by atoms with Crippen molar-refractivity contribution >= 4 is 11.9 Å². The second-order valence-electron chi connectivity index (χ2n) is 3.65. The van der Waals surface area contributed by atoms with Crippen molar-refractivity contribution in [2.24, 2.45) is 5.73 Å². The molecular formula is C10H15N5O3. The van der Waals surface area contributed by atoms with Gasteiger partial charge in [0.1, 0.15) is 12.2 Å². The highest BCUT2D eigenvalue weighted by Gasteiger charge is 2.12. The van der Waals surface area contributed by atoms with Crippen molar-refractivity contribution in [3.05, 3.63) is 24.5 Å². The van der Waals surface area contributed by atoms with Crippen molar-refractivity contribution in [2.45, 2.75) is 25.6 Å². The molecule has 0 saturated heterocycles. The number of aromatic nitrogens is 3. The van der Waals surface area contributed by atoms with Crippen molar-refractivity contribution in [1.82, 2.24) is 20.3 Å². The highest BCUT2D eigenvalue weighted by atomic mass is 16.4. The Bertz CT molecular complexity index is 442. The number of hydrogen-bond acceptors (Lipinski definition) is 5. The molecule has 0 aliphatic carbocycles. The van der Waals surface area contributed by atoms with E-state index in [1.807, 2.05) is 0 Å². The molecular weight excluding hydrogens is 238 g/mol. The van der Waals surface area contributed by atoms with E-state index < -0.39 is 12.0 Å². The van der Waals surface area contributed by atoms with E-state index in [-0.39, 0.29) is 19.0 Å². The maximum absolute atomic E-state index is 11.5. The van der Waals surface area contributed by atoms with Gasteiger partial charge in [0.25, 0.3) is 0 Å². The van der Waals surface area contributed by atoms with Gasteiger partial charge >= 0.3 is 5.97 Å². The Morgan fingerprint density at radius 2 is 2.39 bits per heavy atom. The van der Waals surface area contributed by atoms with E-state index in [1.165, 1.54) is 10.9 Å². The summed E-state index contributed by atoms with van der Waals surface area (Å²) >= 11 is 0. The number of carbonyl (C=O) groups is 2. The van der Waals surface area contributed by atoms with E-state index in [1.54, 1.807) is 6.08 Å². The summed E-state index contributed by atoms with van der Waals surface area (Å²) in [6.07, 6.45) is 3.40. The quantitative estimate of drug-likeness (QED) is 0.529. The van der Waals surface area contributed by atoms with Crippen LogP contribution in [0.3, 0.4) is 0 Å². The normalized spacial score (nSPS) is 11.8. The van der Waals surface area contributed by atoms with E-state index >= 15 is 0 Å². The highest BCUT2D eigenvalue weighted by molar-refractivity contribution is 5.81. The van der Waals surface area contributed by atoms with Crippen LogP contribution in [0.1, 0.15) is 12.1 Å². The molecule has 98 valence electrons. The number of rotatable bonds is 7. The molecule has 0 aliphatic heterocycles. The van der Waals surface area contributed by atoms with Crippen LogP contribution in [0.25, 0.3) is 0 Å². The third kappa shape index (κ3) is 4.34. The lowest BCUT2D eigenvalue weighted by atomic mass is 10.2. The zero-order valence-electron chi connectivity index (χ0n) is 9.74. The van der Waals surface area contributed by atoms with E-state index in [9.17, 15) is 9.59 Å². The fraction of sp³-hybridized carbons (Fsp3) is 0.400. The maximum Gasteiger partial charge on any atom is 0.325 e. The Hall–Kier alpha value is -2.22. The van der Waals surface area contributed by atoms with E-state index in [2.05, 4.69) is 22.2 Å². The van der Waals surface area contributed by atoms with E-state index in [4.69, 9.17) is 10.8 Å². The van der Waals surface area contributed by atoms with Gasteiger partial charge < -0.3 is 16.2 Å². The predicted molar refractivity (Wildman–Crippen MR) is 62.3 cm³/mol. The molecule has 0 bridgehead atoms. The first-order valence-corrected chi connectivity index (χ1v) is 5.28. The average Bonchev–Trinajstić information content (AvgIpc) is 2.73. The van der Waals surface area contributed by atoms with Gasteiger partial charge in [0.2, 0.25) is 5.91 Å². The number of carbonyl (C=O) groups excluding carboxylic acids is 1. The number of hydrogen-bond donors (Lipinski definition) is 3. The van der Waals surface area contributed by atoms with Crippen molar-refractivity contribution in [3.8, 4) is 0 Å². The number of nitrogens with two attached hydrogens (primary N) is 1. The second kappa shape index (κ2) is 6.50. The third-order valence-electron chi connectivity index (χ3n) is 2.08. The van der Waals surface area contributed by atoms with Gasteiger partial charge in [-0.05, 0) is 6.42 Å². The molecule has 0 fully saturated rings. The topological polar surface area (TPSA) is 123 Å². The standard InChI is InChI=1S/C10H15N5O3/c1-2-3-8(11)10(18)12-4-7-5-15(14-13-7)6-9(16)17/h2,5,8H,1,3-4,6,11H2,(H,12,18)(H,16,17). The second-order valence-corrected chi connectivity index (χ2v) is 3.65. The third-order valence-corrected chi connectivity index (χ3v) is 2.08. The summed E-state index contributed by atoms with van der Waals surface area (Å²) in [5.41, 5.74) is 6.03. The van der Waals surface area contributed by atoms with Gasteiger partial charge in [-0.25, -0.2) is 4.68 Å². The van der Waals surface area contributed by atoms with Gasteiger partial charge in [0.05, 0.1) is 18.8 Å². The van der Waals surface area contributed by atoms with Crippen LogP contribution in [-0.2, 0) is 22.7 Å². The maximum atomic E-state index is 11.5. The van der Waals surface area contributed by atoms with Crippen molar-refractivity contribution < 1.29 is 14.7 Å². The van der Waals surface area contributed by atoms with Gasteiger partial charge in [-0.15, -0.1) is 11.7 Å². The van der Waals surface area contributed by atoms with E-state index in [0.717, 1.165) is 0 Å². The van der Waals surface area contributed by atoms with Gasteiger partial charge in [0, 0.05) is 0 Å². The smallest absolute Gasteiger partial charge is 0.325 e. The molecule has 0 spiro atoms. The van der Waals surface area contributed by atoms with Gasteiger partial charge in [-0.2, -0.15) is 0 Å². The monoisotopic (exact) mass is 253 g/mol. The molecule has 18 heavy (non-hydrogen) atoms. The molecule has 0 saturated carbocycles. The van der Waals surface area contributed by atoms with Crippen LogP contribution in [0.15, 0.2) is 18.9 Å². The number of aliphatic carboxylic acids is 1. The van der Waals surface area contributed by atoms with E-state index in [0.29, 0.717) is 12.1 Å². The van der Waals surface area contributed by atoms with Crippen LogP contribution in [0, 0.1) is 0 Å². The number of nitrogens with one attached hydrogen (secondary N) is 1. The molecule has 1 amide bonds. The van der Waals surface area contributed by atoms with Gasteiger partial charge in [0.15, 0.2) is 0 Å². The fourth-order valence-electron chi connectivity index (χ4n) is 1.23. The molecule has 0 aromatic carbocycles. The molecule has 8 heteroatoms. The summed E-state index contributed by atoms with van der Waals surface area (Å²) in [6.45, 7) is 3.38. The minimum Gasteiger partial charge on any atom is -0.480 e. The van der Waals surface area contributed by atoms with Crippen LogP contribution in [0.4, 0.5) is 0 Å². The van der Waals surface area contributed by atoms with Crippen molar-refractivity contribution in [3.63, 3.8) is 0 Å². The Labute approximate surface area is 103 Å². The summed E-state index contributed by atoms with van der Waals surface area (Å²) in [5, 5.41) is 18.4. The zero-order chi connectivity index (χ0) is 13.5. The Morgan fingerprint density at radius 1 is 1.67 bits per heavy atom. The first-order chi connectivity index (χ1) is 8.52. The summed E-state index contributed by atoms with van der Waals surface area (Å²) in [4.78, 5) is 21.9. The van der Waals surface area contributed by atoms with Crippen molar-refractivity contribution in [2.75, 3.05) is 0 Å². The lowest BCUT2D eigenvalue weighted by Crippen LogP contribution is -2.39. The van der Waals surface area contributed by atoms with Crippen LogP contribution < -0.4 is 11.1 Å². The molecule has 1 aromatic heterocycles. The largest absolute Gasteiger partial charge is 0.480 e. The predicted octanol–water partition coefficient (Wildman–Crippen LogP) is -1.12. The lowest BCUT2D eigenvalue weighted by Gasteiger charge is -2.08. The Kier molecular flexibility index (Phi) is 5.00. The SMILES string of the molecule is C=CCC(N)C(=O)NCc1cn(CC(=O)O)nn1. The number of carboxylic acid groups (broad SMARTS) is 1. The molecule has 1 heterocycles. The lowest BCUT2D eigenvalue weighted by molar-refractivity contribution is -0.138. The summed E-state index contributed by atoms with van der Waals surface area (Å²) < 4.78 is 1.17. The van der Waals surface area contributed by atoms with Crippen molar-refractivity contribution in [1.29, 1.82) is 0 Å². The van der Waals surface area contributed by atoms with Crippen LogP contribution in [0.5, 0.6) is 0 Å². The van der Waals surface area contributed by atoms with Crippen LogP contribution in [0.2, 0.25) is 0 Å². The Balaban J connectivity index is 2.43. The molecule has 8 nitrogen and oxygen atoms in total. The minimum atomic E-state index is -1.01. The molecule has 0 radical (unpaired) electrons. The van der Waals surface area contributed by atoms with Crippen LogP contribution in [-0.4, -0.2) is 38.0 Å². The number of amides is 1. The highest BCUT2D eigenvalue weighted by Crippen LogP contribution is 1.94. The van der Waals surface area contributed by atoms with Gasteiger partial charge in [-0.3, -0.25) is 9.59 Å². The fourth-order valence-corrected chi connectivity index (χ4v) is 1.23. The first kappa shape index (κ1) is 13.8. The zero-order valence-corrected chi connectivity index (χ0v) is 9.74. The molecule has 0 aliphatic rings. The number of carboxylic acids is 1. The van der Waals surface area contributed by atoms with Gasteiger partial charge in [-0.1, -0.05) is 11.3 Å². The summed E-state index contributed by atoms with van der Waals surface area (Å²) in [5.74, 6) is -1.33. The molecule has 1 atom stereocenters.